The molecule has 5 nitrogen and oxygen atoms in total. The van der Waals surface area contributed by atoms with Gasteiger partial charge in [-0.15, -0.1) is 0 Å². The summed E-state index contributed by atoms with van der Waals surface area (Å²) < 4.78 is 14.7. The summed E-state index contributed by atoms with van der Waals surface area (Å²) in [6.07, 6.45) is 1.77. The van der Waals surface area contributed by atoms with E-state index in [9.17, 15) is 4.39 Å². The molecule has 0 saturated heterocycles. The van der Waals surface area contributed by atoms with E-state index in [1.54, 1.807) is 25.4 Å². The van der Waals surface area contributed by atoms with Gasteiger partial charge >= 0.3 is 0 Å². The fourth-order valence-corrected chi connectivity index (χ4v) is 2.07. The third-order valence-electron chi connectivity index (χ3n) is 3.26. The van der Waals surface area contributed by atoms with Crippen molar-refractivity contribution in [3.8, 4) is 0 Å². The maximum atomic E-state index is 12.9. The second kappa shape index (κ2) is 6.88. The Morgan fingerprint density at radius 1 is 1.33 bits per heavy atom. The van der Waals surface area contributed by atoms with Gasteiger partial charge in [-0.1, -0.05) is 12.1 Å². The average molecular weight is 289 g/mol. The van der Waals surface area contributed by atoms with Crippen LogP contribution >= 0.6 is 0 Å². The van der Waals surface area contributed by atoms with Crippen molar-refractivity contribution < 1.29 is 4.39 Å². The maximum absolute atomic E-state index is 12.9. The highest BCUT2D eigenvalue weighted by molar-refractivity contribution is 5.79. The Bertz CT molecular complexity index is 603. The van der Waals surface area contributed by atoms with E-state index in [1.165, 1.54) is 12.1 Å². The number of aryl methyl sites for hydroxylation is 1. The van der Waals surface area contributed by atoms with Crippen LogP contribution in [0.5, 0.6) is 0 Å². The number of hydrogen-bond acceptors (Lipinski definition) is 2. The van der Waals surface area contributed by atoms with Crippen molar-refractivity contribution >= 4 is 5.96 Å². The number of rotatable bonds is 4. The molecule has 2 aromatic rings. The third kappa shape index (κ3) is 4.05. The standard InChI is InChI=1S/C15H20FN5/c1-17-15(18-10-14-8-9-19-21(14)3)20(2)11-12-4-6-13(16)7-5-12/h4-9H,10-11H2,1-3H3,(H,17,18). The minimum atomic E-state index is -0.222. The number of nitrogens with one attached hydrogen (secondary N) is 1. The van der Waals surface area contributed by atoms with Crippen molar-refractivity contribution in [2.75, 3.05) is 14.1 Å². The molecule has 0 amide bonds. The van der Waals surface area contributed by atoms with Gasteiger partial charge in [-0.2, -0.15) is 5.10 Å². The highest BCUT2D eigenvalue weighted by Gasteiger charge is 2.07. The first-order chi connectivity index (χ1) is 10.1. The van der Waals surface area contributed by atoms with E-state index in [0.717, 1.165) is 17.2 Å². The van der Waals surface area contributed by atoms with E-state index in [-0.39, 0.29) is 5.82 Å². The molecule has 1 N–H and O–H groups in total. The summed E-state index contributed by atoms with van der Waals surface area (Å²) in [5, 5.41) is 7.41. The van der Waals surface area contributed by atoms with Crippen LogP contribution in [0.15, 0.2) is 41.5 Å². The fourth-order valence-electron chi connectivity index (χ4n) is 2.07. The summed E-state index contributed by atoms with van der Waals surface area (Å²) >= 11 is 0. The summed E-state index contributed by atoms with van der Waals surface area (Å²) in [7, 11) is 5.59. The van der Waals surface area contributed by atoms with Gasteiger partial charge in [-0.3, -0.25) is 9.67 Å². The van der Waals surface area contributed by atoms with Crippen molar-refractivity contribution in [1.82, 2.24) is 20.0 Å². The Kier molecular flexibility index (Phi) is 4.92. The molecule has 1 heterocycles. The smallest absolute Gasteiger partial charge is 0.194 e. The number of aliphatic imine (C=N–C) groups is 1. The second-order valence-electron chi connectivity index (χ2n) is 4.83. The maximum Gasteiger partial charge on any atom is 0.194 e. The molecule has 0 unspecified atom stereocenters. The third-order valence-corrected chi connectivity index (χ3v) is 3.26. The first kappa shape index (κ1) is 15.0. The molecule has 1 aromatic carbocycles. The lowest BCUT2D eigenvalue weighted by Crippen LogP contribution is -2.38. The first-order valence-corrected chi connectivity index (χ1v) is 6.73. The lowest BCUT2D eigenvalue weighted by atomic mass is 10.2. The zero-order chi connectivity index (χ0) is 15.2. The summed E-state index contributed by atoms with van der Waals surface area (Å²) in [5.74, 6) is 0.556. The van der Waals surface area contributed by atoms with Crippen LogP contribution in [0.25, 0.3) is 0 Å². The van der Waals surface area contributed by atoms with Crippen molar-refractivity contribution in [1.29, 1.82) is 0 Å². The largest absolute Gasteiger partial charge is 0.351 e. The van der Waals surface area contributed by atoms with Crippen LogP contribution in [0.4, 0.5) is 4.39 Å². The van der Waals surface area contributed by atoms with Gasteiger partial charge in [0.05, 0.1) is 12.2 Å². The molecule has 0 aliphatic carbocycles. The molecular weight excluding hydrogens is 269 g/mol. The number of hydrogen-bond donors (Lipinski definition) is 1. The fraction of sp³-hybridized carbons (Fsp3) is 0.333. The quantitative estimate of drug-likeness (QED) is 0.689. The molecule has 0 radical (unpaired) electrons. The van der Waals surface area contributed by atoms with Crippen molar-refractivity contribution in [2.24, 2.45) is 12.0 Å². The lowest BCUT2D eigenvalue weighted by molar-refractivity contribution is 0.474. The van der Waals surface area contributed by atoms with Crippen LogP contribution in [-0.4, -0.2) is 34.7 Å². The number of nitrogens with zero attached hydrogens (tertiary/aromatic N) is 4. The monoisotopic (exact) mass is 289 g/mol. The van der Waals surface area contributed by atoms with Gasteiger partial charge in [0.25, 0.3) is 0 Å². The van der Waals surface area contributed by atoms with E-state index < -0.39 is 0 Å². The predicted octanol–water partition coefficient (Wildman–Crippen LogP) is 1.77. The number of guanidine groups is 1. The molecule has 6 heteroatoms. The topological polar surface area (TPSA) is 45.5 Å². The summed E-state index contributed by atoms with van der Waals surface area (Å²) in [6.45, 7) is 1.31. The van der Waals surface area contributed by atoms with E-state index >= 15 is 0 Å². The predicted molar refractivity (Wildman–Crippen MR) is 81.3 cm³/mol. The second-order valence-corrected chi connectivity index (χ2v) is 4.83. The van der Waals surface area contributed by atoms with Crippen LogP contribution in [-0.2, 0) is 20.1 Å². The van der Waals surface area contributed by atoms with Crippen LogP contribution in [0.2, 0.25) is 0 Å². The van der Waals surface area contributed by atoms with E-state index in [0.29, 0.717) is 13.1 Å². The molecule has 21 heavy (non-hydrogen) atoms. The van der Waals surface area contributed by atoms with Crippen molar-refractivity contribution in [3.63, 3.8) is 0 Å². The summed E-state index contributed by atoms with van der Waals surface area (Å²) in [5.41, 5.74) is 2.11. The minimum Gasteiger partial charge on any atom is -0.351 e. The molecule has 0 aliphatic heterocycles. The van der Waals surface area contributed by atoms with Crippen LogP contribution in [0.1, 0.15) is 11.3 Å². The van der Waals surface area contributed by atoms with Gasteiger partial charge in [0.2, 0.25) is 0 Å². The Labute approximate surface area is 124 Å². The molecule has 2 rings (SSSR count). The van der Waals surface area contributed by atoms with E-state index in [1.807, 2.05) is 29.7 Å². The molecule has 1 aromatic heterocycles. The molecule has 0 saturated carbocycles. The zero-order valence-electron chi connectivity index (χ0n) is 12.5. The van der Waals surface area contributed by atoms with Crippen molar-refractivity contribution in [3.05, 3.63) is 53.6 Å². The molecule has 0 spiro atoms. The first-order valence-electron chi connectivity index (χ1n) is 6.73. The SMILES string of the molecule is CN=C(NCc1ccnn1C)N(C)Cc1ccc(F)cc1. The van der Waals surface area contributed by atoms with Crippen LogP contribution in [0, 0.1) is 5.82 Å². The van der Waals surface area contributed by atoms with Crippen molar-refractivity contribution in [2.45, 2.75) is 13.1 Å². The highest BCUT2D eigenvalue weighted by Crippen LogP contribution is 2.06. The van der Waals surface area contributed by atoms with Gasteiger partial charge in [0, 0.05) is 33.9 Å². The number of aromatic nitrogens is 2. The Morgan fingerprint density at radius 2 is 2.05 bits per heavy atom. The zero-order valence-corrected chi connectivity index (χ0v) is 12.5. The summed E-state index contributed by atoms with van der Waals surface area (Å²) in [4.78, 5) is 6.25. The average Bonchev–Trinajstić information content (AvgIpc) is 2.88. The molecule has 0 atom stereocenters. The molecule has 0 fully saturated rings. The van der Waals surface area contributed by atoms with E-state index in [4.69, 9.17) is 0 Å². The van der Waals surface area contributed by atoms with Gasteiger partial charge in [-0.25, -0.2) is 4.39 Å². The normalized spacial score (nSPS) is 11.5. The summed E-state index contributed by atoms with van der Waals surface area (Å²) in [6, 6.07) is 8.45. The van der Waals surface area contributed by atoms with Crippen LogP contribution in [0.3, 0.4) is 0 Å². The van der Waals surface area contributed by atoms with Gasteiger partial charge in [0.15, 0.2) is 5.96 Å². The minimum absolute atomic E-state index is 0.222. The Balaban J connectivity index is 1.94. The van der Waals surface area contributed by atoms with Gasteiger partial charge in [0.1, 0.15) is 5.82 Å². The molecule has 112 valence electrons. The number of halogens is 1. The van der Waals surface area contributed by atoms with Gasteiger partial charge < -0.3 is 10.2 Å². The molecular formula is C15H20FN5. The number of benzene rings is 1. The highest BCUT2D eigenvalue weighted by atomic mass is 19.1. The van der Waals surface area contributed by atoms with E-state index in [2.05, 4.69) is 15.4 Å². The Morgan fingerprint density at radius 3 is 2.62 bits per heavy atom. The molecule has 0 bridgehead atoms. The van der Waals surface area contributed by atoms with Crippen LogP contribution < -0.4 is 5.32 Å². The lowest BCUT2D eigenvalue weighted by Gasteiger charge is -2.22. The molecule has 0 aliphatic rings. The van der Waals surface area contributed by atoms with Gasteiger partial charge in [-0.05, 0) is 23.8 Å². The Hall–Kier alpha value is -2.37.